The van der Waals surface area contributed by atoms with Crippen molar-refractivity contribution in [3.05, 3.63) is 23.0 Å². The van der Waals surface area contributed by atoms with Crippen LogP contribution in [0.2, 0.25) is 0 Å². The van der Waals surface area contributed by atoms with Gasteiger partial charge in [-0.3, -0.25) is 9.20 Å². The highest BCUT2D eigenvalue weighted by Crippen LogP contribution is 2.19. The van der Waals surface area contributed by atoms with Crippen molar-refractivity contribution in [2.75, 3.05) is 13.2 Å². The minimum Gasteiger partial charge on any atom is -0.394 e. The molecule has 1 fully saturated rings. The van der Waals surface area contributed by atoms with Crippen molar-refractivity contribution in [3.8, 4) is 0 Å². The number of ether oxygens (including phenoxy) is 1. The highest BCUT2D eigenvalue weighted by Gasteiger charge is 2.34. The van der Waals surface area contributed by atoms with E-state index in [1.807, 2.05) is 5.38 Å². The standard InChI is InChI=1S/C13H17N3O4S/c1-7-10(16-3-5-21-13(16)14-7)12(19)15-8-2-4-20-9(6-17)11(8)18/h3,5,8-9,11,17-18H,2,4,6H2,1H3,(H,15,19)/t8-,9+,11-/m0/s1. The van der Waals surface area contributed by atoms with Crippen LogP contribution in [0.25, 0.3) is 4.96 Å². The summed E-state index contributed by atoms with van der Waals surface area (Å²) in [5.74, 6) is -0.277. The lowest BCUT2D eigenvalue weighted by Crippen LogP contribution is -2.54. The summed E-state index contributed by atoms with van der Waals surface area (Å²) < 4.78 is 7.00. The summed E-state index contributed by atoms with van der Waals surface area (Å²) in [5.41, 5.74) is 1.13. The number of aryl methyl sites for hydroxylation is 1. The summed E-state index contributed by atoms with van der Waals surface area (Å²) in [5, 5.41) is 23.9. The molecule has 0 aromatic carbocycles. The van der Waals surface area contributed by atoms with E-state index in [0.717, 1.165) is 4.96 Å². The molecule has 0 unspecified atom stereocenters. The molecule has 2 aromatic rings. The first-order valence-electron chi connectivity index (χ1n) is 6.75. The first-order chi connectivity index (χ1) is 10.1. The molecule has 3 rings (SSSR count). The van der Waals surface area contributed by atoms with Gasteiger partial charge < -0.3 is 20.3 Å². The highest BCUT2D eigenvalue weighted by atomic mass is 32.1. The Morgan fingerprint density at radius 1 is 1.67 bits per heavy atom. The molecule has 1 aliphatic rings. The predicted octanol–water partition coefficient (Wildman–Crippen LogP) is -0.0553. The van der Waals surface area contributed by atoms with Gasteiger partial charge in [-0.25, -0.2) is 4.98 Å². The number of carbonyl (C=O) groups excluding carboxylic acids is 1. The molecule has 7 nitrogen and oxygen atoms in total. The van der Waals surface area contributed by atoms with Crippen LogP contribution in [0.3, 0.4) is 0 Å². The number of amides is 1. The number of fused-ring (bicyclic) bond motifs is 1. The molecular weight excluding hydrogens is 294 g/mol. The van der Waals surface area contributed by atoms with Gasteiger partial charge in [0.2, 0.25) is 0 Å². The molecule has 3 heterocycles. The van der Waals surface area contributed by atoms with Crippen LogP contribution in [0, 0.1) is 6.92 Å². The summed E-state index contributed by atoms with van der Waals surface area (Å²) >= 11 is 1.46. The van der Waals surface area contributed by atoms with Crippen molar-refractivity contribution in [3.63, 3.8) is 0 Å². The van der Waals surface area contributed by atoms with E-state index in [4.69, 9.17) is 9.84 Å². The number of imidazole rings is 1. The van der Waals surface area contributed by atoms with Gasteiger partial charge >= 0.3 is 0 Å². The van der Waals surface area contributed by atoms with E-state index in [1.165, 1.54) is 11.3 Å². The van der Waals surface area contributed by atoms with Crippen LogP contribution in [0.5, 0.6) is 0 Å². The number of carbonyl (C=O) groups is 1. The minimum atomic E-state index is -0.918. The Balaban J connectivity index is 1.80. The van der Waals surface area contributed by atoms with Crippen molar-refractivity contribution in [1.82, 2.24) is 14.7 Å². The molecule has 21 heavy (non-hydrogen) atoms. The molecule has 114 valence electrons. The fourth-order valence-corrected chi connectivity index (χ4v) is 3.36. The topological polar surface area (TPSA) is 96.1 Å². The van der Waals surface area contributed by atoms with Crippen molar-refractivity contribution in [1.29, 1.82) is 0 Å². The third kappa shape index (κ3) is 2.55. The van der Waals surface area contributed by atoms with Crippen LogP contribution in [-0.4, -0.2) is 57.0 Å². The van der Waals surface area contributed by atoms with Crippen molar-refractivity contribution in [2.45, 2.75) is 31.6 Å². The molecule has 0 aliphatic carbocycles. The smallest absolute Gasteiger partial charge is 0.270 e. The number of rotatable bonds is 3. The fourth-order valence-electron chi connectivity index (χ4n) is 2.60. The van der Waals surface area contributed by atoms with Crippen LogP contribution < -0.4 is 5.32 Å². The van der Waals surface area contributed by atoms with Gasteiger partial charge in [-0.05, 0) is 13.3 Å². The van der Waals surface area contributed by atoms with Crippen LogP contribution in [0.4, 0.5) is 0 Å². The van der Waals surface area contributed by atoms with Gasteiger partial charge in [-0.1, -0.05) is 0 Å². The summed E-state index contributed by atoms with van der Waals surface area (Å²) in [7, 11) is 0. The maximum Gasteiger partial charge on any atom is 0.270 e. The van der Waals surface area contributed by atoms with E-state index < -0.39 is 18.2 Å². The van der Waals surface area contributed by atoms with E-state index in [1.54, 1.807) is 17.5 Å². The SMILES string of the molecule is Cc1nc2sccn2c1C(=O)N[C@H]1CCO[C@H](CO)[C@H]1O. The lowest BCUT2D eigenvalue weighted by Gasteiger charge is -2.34. The number of hydrogen-bond donors (Lipinski definition) is 3. The second kappa shape index (κ2) is 5.72. The monoisotopic (exact) mass is 311 g/mol. The second-order valence-electron chi connectivity index (χ2n) is 5.05. The molecule has 3 atom stereocenters. The first-order valence-corrected chi connectivity index (χ1v) is 7.63. The van der Waals surface area contributed by atoms with Gasteiger partial charge in [-0.2, -0.15) is 0 Å². The molecule has 8 heteroatoms. The molecule has 0 bridgehead atoms. The normalized spacial score (nSPS) is 26.1. The van der Waals surface area contributed by atoms with Crippen molar-refractivity contribution >= 4 is 22.2 Å². The van der Waals surface area contributed by atoms with E-state index >= 15 is 0 Å². The van der Waals surface area contributed by atoms with Gasteiger partial charge in [0.15, 0.2) is 4.96 Å². The summed E-state index contributed by atoms with van der Waals surface area (Å²) in [6.45, 7) is 1.91. The number of nitrogens with one attached hydrogen (secondary N) is 1. The van der Waals surface area contributed by atoms with E-state index in [9.17, 15) is 9.90 Å². The number of aliphatic hydroxyl groups excluding tert-OH is 2. The maximum absolute atomic E-state index is 12.5. The average molecular weight is 311 g/mol. The van der Waals surface area contributed by atoms with Crippen molar-refractivity contribution in [2.24, 2.45) is 0 Å². The van der Waals surface area contributed by atoms with Gasteiger partial charge in [0.1, 0.15) is 17.9 Å². The molecule has 1 aliphatic heterocycles. The third-order valence-corrected chi connectivity index (χ3v) is 4.46. The summed E-state index contributed by atoms with van der Waals surface area (Å²) in [6, 6.07) is -0.438. The van der Waals surface area contributed by atoms with E-state index in [-0.39, 0.29) is 12.5 Å². The third-order valence-electron chi connectivity index (χ3n) is 3.70. The van der Waals surface area contributed by atoms with Crippen molar-refractivity contribution < 1.29 is 19.7 Å². The molecule has 0 spiro atoms. The lowest BCUT2D eigenvalue weighted by atomic mass is 10.00. The Bertz CT molecular complexity index is 653. The fraction of sp³-hybridized carbons (Fsp3) is 0.538. The summed E-state index contributed by atoms with van der Waals surface area (Å²) in [6.07, 6.45) is 0.732. The van der Waals surface area contributed by atoms with Crippen LogP contribution in [-0.2, 0) is 4.74 Å². The quantitative estimate of drug-likeness (QED) is 0.738. The second-order valence-corrected chi connectivity index (χ2v) is 5.93. The zero-order valence-electron chi connectivity index (χ0n) is 11.5. The average Bonchev–Trinajstić information content (AvgIpc) is 3.00. The van der Waals surface area contributed by atoms with E-state index in [0.29, 0.717) is 24.4 Å². The zero-order chi connectivity index (χ0) is 15.0. The highest BCUT2D eigenvalue weighted by molar-refractivity contribution is 7.15. The molecule has 1 saturated heterocycles. The summed E-state index contributed by atoms with van der Waals surface area (Å²) in [4.78, 5) is 17.6. The first kappa shape index (κ1) is 14.5. The predicted molar refractivity (Wildman–Crippen MR) is 76.5 cm³/mol. The number of thiazole rings is 1. The van der Waals surface area contributed by atoms with E-state index in [2.05, 4.69) is 10.3 Å². The van der Waals surface area contributed by atoms with Crippen LogP contribution in [0.15, 0.2) is 11.6 Å². The molecule has 3 N–H and O–H groups in total. The molecule has 1 amide bonds. The molecule has 0 saturated carbocycles. The van der Waals surface area contributed by atoms with Gasteiger partial charge in [-0.15, -0.1) is 11.3 Å². The molecular formula is C13H17N3O4S. The molecule has 2 aromatic heterocycles. The number of hydrogen-bond acceptors (Lipinski definition) is 6. The van der Waals surface area contributed by atoms with Crippen LogP contribution >= 0.6 is 11.3 Å². The Morgan fingerprint density at radius 2 is 2.48 bits per heavy atom. The van der Waals surface area contributed by atoms with Gasteiger partial charge in [0, 0.05) is 18.2 Å². The van der Waals surface area contributed by atoms with Crippen LogP contribution in [0.1, 0.15) is 22.6 Å². The van der Waals surface area contributed by atoms with Gasteiger partial charge in [0.05, 0.1) is 18.3 Å². The number of nitrogens with zero attached hydrogens (tertiary/aromatic N) is 2. The Morgan fingerprint density at radius 3 is 3.24 bits per heavy atom. The lowest BCUT2D eigenvalue weighted by molar-refractivity contribution is -0.107. The number of aliphatic hydroxyl groups is 2. The Labute approximate surface area is 125 Å². The Kier molecular flexibility index (Phi) is 3.94. The zero-order valence-corrected chi connectivity index (χ0v) is 12.3. The molecule has 0 radical (unpaired) electrons. The minimum absolute atomic E-state index is 0.270. The van der Waals surface area contributed by atoms with Gasteiger partial charge in [0.25, 0.3) is 5.91 Å². The number of aromatic nitrogens is 2. The largest absolute Gasteiger partial charge is 0.394 e. The Hall–Kier alpha value is -1.48. The maximum atomic E-state index is 12.5.